The van der Waals surface area contributed by atoms with Crippen molar-refractivity contribution in [1.29, 1.82) is 0 Å². The van der Waals surface area contributed by atoms with Crippen LogP contribution in [0, 0.1) is 0 Å². The van der Waals surface area contributed by atoms with Crippen molar-refractivity contribution in [3.63, 3.8) is 0 Å². The number of aromatic amines is 1. The minimum absolute atomic E-state index is 0.0688. The number of nitrogens with one attached hydrogen (secondary N) is 3. The monoisotopic (exact) mass is 531 g/mol. The zero-order chi connectivity index (χ0) is 27.4. The number of benzene rings is 1. The van der Waals surface area contributed by atoms with E-state index in [1.807, 2.05) is 6.92 Å². The van der Waals surface area contributed by atoms with E-state index in [1.54, 1.807) is 43.8 Å². The van der Waals surface area contributed by atoms with E-state index in [9.17, 15) is 9.59 Å². The smallest absolute Gasteiger partial charge is 0.290 e. The highest BCUT2D eigenvalue weighted by Crippen LogP contribution is 2.35. The number of nitrogen functional groups attached to an aromatic ring is 1. The Bertz CT molecular complexity index is 1580. The zero-order valence-electron chi connectivity index (χ0n) is 22.2. The highest BCUT2D eigenvalue weighted by atomic mass is 32.1. The standard InChI is InChI=1S/C28H33N7O2S/c1-17(23-10-11-24(38-23)20-9-7-6-8-19(20)16-34(3)4)32-27-21(26(29)28(37)35(5)33-27)15-22(30-2)18-12-13-31-25(36)14-18/h6-15,17,30H,16,29H2,1-5H3,(H,31,36)(H,32,33)/b22-15-/t17-/m1/s1. The lowest BCUT2D eigenvalue weighted by atomic mass is 10.1. The van der Waals surface area contributed by atoms with Gasteiger partial charge in [0, 0.05) is 59.5 Å². The van der Waals surface area contributed by atoms with Crippen LogP contribution >= 0.6 is 11.3 Å². The van der Waals surface area contributed by atoms with Gasteiger partial charge in [-0.05, 0) is 56.4 Å². The number of nitrogens with two attached hydrogens (primary N) is 1. The molecule has 38 heavy (non-hydrogen) atoms. The molecule has 0 aliphatic rings. The molecule has 0 saturated heterocycles. The Morgan fingerprint density at radius 1 is 1.21 bits per heavy atom. The molecular weight excluding hydrogens is 498 g/mol. The number of hydrogen-bond donors (Lipinski definition) is 4. The number of rotatable bonds is 9. The number of aromatic nitrogens is 3. The van der Waals surface area contributed by atoms with Gasteiger partial charge in [0.25, 0.3) is 5.56 Å². The molecule has 4 rings (SSSR count). The molecule has 0 unspecified atom stereocenters. The Hall–Kier alpha value is -4.15. The summed E-state index contributed by atoms with van der Waals surface area (Å²) in [5, 5.41) is 11.0. The van der Waals surface area contributed by atoms with Crippen molar-refractivity contribution < 1.29 is 0 Å². The minimum atomic E-state index is -0.397. The summed E-state index contributed by atoms with van der Waals surface area (Å²) < 4.78 is 1.23. The van der Waals surface area contributed by atoms with Gasteiger partial charge >= 0.3 is 0 Å². The highest BCUT2D eigenvalue weighted by molar-refractivity contribution is 7.15. The molecule has 1 atom stereocenters. The van der Waals surface area contributed by atoms with Crippen molar-refractivity contribution in [3.05, 3.63) is 97.0 Å². The van der Waals surface area contributed by atoms with Crippen molar-refractivity contribution in [3.8, 4) is 10.4 Å². The Kier molecular flexibility index (Phi) is 8.13. The third kappa shape index (κ3) is 5.87. The SMILES string of the molecule is CN/C(=C\c1c(N[C@H](C)c2ccc(-c3ccccc3CN(C)C)s2)nn(C)c(=O)c1N)c1cc[nH]c(=O)c1. The van der Waals surface area contributed by atoms with E-state index in [1.165, 1.54) is 26.8 Å². The van der Waals surface area contributed by atoms with E-state index >= 15 is 0 Å². The van der Waals surface area contributed by atoms with Gasteiger partial charge in [-0.1, -0.05) is 24.3 Å². The summed E-state index contributed by atoms with van der Waals surface area (Å²) in [4.78, 5) is 31.6. The molecule has 0 bridgehead atoms. The maximum atomic E-state index is 12.7. The number of thiophene rings is 1. The van der Waals surface area contributed by atoms with Gasteiger partial charge in [0.1, 0.15) is 5.69 Å². The first kappa shape index (κ1) is 26.9. The maximum absolute atomic E-state index is 12.7. The molecule has 3 aromatic heterocycles. The third-order valence-corrected chi connectivity index (χ3v) is 7.44. The van der Waals surface area contributed by atoms with Crippen LogP contribution in [0.15, 0.2) is 64.3 Å². The normalized spacial score (nSPS) is 12.5. The van der Waals surface area contributed by atoms with Crippen LogP contribution in [0.25, 0.3) is 22.2 Å². The molecule has 3 heterocycles. The van der Waals surface area contributed by atoms with Crippen LogP contribution < -0.4 is 27.5 Å². The molecule has 10 heteroatoms. The van der Waals surface area contributed by atoms with Gasteiger partial charge in [0.05, 0.1) is 6.04 Å². The van der Waals surface area contributed by atoms with Gasteiger partial charge < -0.3 is 26.3 Å². The van der Waals surface area contributed by atoms with Gasteiger partial charge in [0.2, 0.25) is 5.56 Å². The number of hydrogen-bond acceptors (Lipinski definition) is 8. The van der Waals surface area contributed by atoms with E-state index in [-0.39, 0.29) is 17.3 Å². The first-order valence-corrected chi connectivity index (χ1v) is 13.0. The van der Waals surface area contributed by atoms with Gasteiger partial charge in [-0.2, -0.15) is 5.10 Å². The van der Waals surface area contributed by atoms with Crippen molar-refractivity contribution in [2.45, 2.75) is 19.5 Å². The third-order valence-electron chi connectivity index (χ3n) is 6.14. The van der Waals surface area contributed by atoms with Crippen LogP contribution in [0.5, 0.6) is 0 Å². The summed E-state index contributed by atoms with van der Waals surface area (Å²) in [6, 6.07) is 15.8. The van der Waals surface area contributed by atoms with Crippen LogP contribution in [-0.4, -0.2) is 40.8 Å². The van der Waals surface area contributed by atoms with Gasteiger partial charge in [-0.25, -0.2) is 4.68 Å². The van der Waals surface area contributed by atoms with E-state index in [2.05, 4.69) is 76.1 Å². The summed E-state index contributed by atoms with van der Waals surface area (Å²) in [5.74, 6) is 0.470. The van der Waals surface area contributed by atoms with Gasteiger partial charge in [0.15, 0.2) is 5.82 Å². The van der Waals surface area contributed by atoms with Crippen LogP contribution in [0.4, 0.5) is 11.5 Å². The molecule has 0 radical (unpaired) electrons. The number of pyridine rings is 1. The largest absolute Gasteiger partial charge is 0.394 e. The molecule has 9 nitrogen and oxygen atoms in total. The molecule has 5 N–H and O–H groups in total. The minimum Gasteiger partial charge on any atom is -0.394 e. The van der Waals surface area contributed by atoms with Crippen molar-refractivity contribution >= 4 is 34.6 Å². The maximum Gasteiger partial charge on any atom is 0.290 e. The Morgan fingerprint density at radius 3 is 2.68 bits per heavy atom. The summed E-state index contributed by atoms with van der Waals surface area (Å²) in [6.07, 6.45) is 3.31. The lowest BCUT2D eigenvalue weighted by Crippen LogP contribution is -2.26. The Morgan fingerprint density at radius 2 is 1.97 bits per heavy atom. The van der Waals surface area contributed by atoms with E-state index in [0.717, 1.165) is 11.4 Å². The first-order chi connectivity index (χ1) is 18.2. The quantitative estimate of drug-likeness (QED) is 0.260. The highest BCUT2D eigenvalue weighted by Gasteiger charge is 2.18. The van der Waals surface area contributed by atoms with Crippen molar-refractivity contribution in [2.24, 2.45) is 7.05 Å². The molecule has 0 amide bonds. The molecule has 0 saturated carbocycles. The summed E-state index contributed by atoms with van der Waals surface area (Å²) >= 11 is 1.71. The predicted molar refractivity (Wildman–Crippen MR) is 157 cm³/mol. The molecular formula is C28H33N7O2S. The fourth-order valence-electron chi connectivity index (χ4n) is 4.22. The predicted octanol–water partition coefficient (Wildman–Crippen LogP) is 3.73. The fraction of sp³-hybridized carbons (Fsp3) is 0.250. The average Bonchev–Trinajstić information content (AvgIpc) is 3.38. The van der Waals surface area contributed by atoms with Crippen LogP contribution in [-0.2, 0) is 13.6 Å². The van der Waals surface area contributed by atoms with Gasteiger partial charge in [-0.15, -0.1) is 11.3 Å². The second kappa shape index (κ2) is 11.5. The van der Waals surface area contributed by atoms with Crippen LogP contribution in [0.1, 0.15) is 34.5 Å². The average molecular weight is 532 g/mol. The molecule has 4 aromatic rings. The molecule has 0 fully saturated rings. The Labute approximate surface area is 225 Å². The fourth-order valence-corrected chi connectivity index (χ4v) is 5.29. The second-order valence-corrected chi connectivity index (χ2v) is 10.4. The first-order valence-electron chi connectivity index (χ1n) is 12.2. The molecule has 0 spiro atoms. The van der Waals surface area contributed by atoms with Crippen molar-refractivity contribution in [1.82, 2.24) is 25.0 Å². The van der Waals surface area contributed by atoms with Crippen LogP contribution in [0.3, 0.4) is 0 Å². The topological polar surface area (TPSA) is 121 Å². The van der Waals surface area contributed by atoms with E-state index < -0.39 is 5.56 Å². The summed E-state index contributed by atoms with van der Waals surface area (Å²) in [6.45, 7) is 2.91. The number of H-pyrrole nitrogens is 1. The molecule has 198 valence electrons. The lowest BCUT2D eigenvalue weighted by molar-refractivity contribution is 0.403. The lowest BCUT2D eigenvalue weighted by Gasteiger charge is -2.18. The van der Waals surface area contributed by atoms with E-state index in [0.29, 0.717) is 22.6 Å². The van der Waals surface area contributed by atoms with E-state index in [4.69, 9.17) is 5.73 Å². The summed E-state index contributed by atoms with van der Waals surface area (Å²) in [7, 11) is 7.45. The number of aryl methyl sites for hydroxylation is 1. The number of nitrogens with zero attached hydrogens (tertiary/aromatic N) is 3. The number of anilines is 2. The molecule has 1 aromatic carbocycles. The van der Waals surface area contributed by atoms with Gasteiger partial charge in [-0.3, -0.25) is 9.59 Å². The van der Waals surface area contributed by atoms with Crippen molar-refractivity contribution in [2.75, 3.05) is 32.2 Å². The van der Waals surface area contributed by atoms with Crippen LogP contribution in [0.2, 0.25) is 0 Å². The second-order valence-electron chi connectivity index (χ2n) is 9.32. The molecule has 0 aliphatic heterocycles. The summed E-state index contributed by atoms with van der Waals surface area (Å²) in [5.41, 5.74) is 9.97. The molecule has 0 aliphatic carbocycles. The zero-order valence-corrected chi connectivity index (χ0v) is 23.0. The Balaban J connectivity index is 1.70.